The van der Waals surface area contributed by atoms with Crippen LogP contribution in [0.4, 0.5) is 0 Å². The molecule has 0 unspecified atom stereocenters. The second kappa shape index (κ2) is 6.22. The van der Waals surface area contributed by atoms with Crippen molar-refractivity contribution in [3.63, 3.8) is 0 Å². The van der Waals surface area contributed by atoms with Gasteiger partial charge in [-0.05, 0) is 72.1 Å². The average molecular weight is 320 g/mol. The molecule has 0 saturated heterocycles. The number of hydrogen-bond acceptors (Lipinski definition) is 2. The van der Waals surface area contributed by atoms with Gasteiger partial charge < -0.3 is 10.5 Å². The van der Waals surface area contributed by atoms with Gasteiger partial charge >= 0.3 is 0 Å². The summed E-state index contributed by atoms with van der Waals surface area (Å²) in [4.78, 5) is 0. The van der Waals surface area contributed by atoms with Crippen LogP contribution >= 0.6 is 15.9 Å². The van der Waals surface area contributed by atoms with E-state index in [-0.39, 0.29) is 0 Å². The van der Waals surface area contributed by atoms with Gasteiger partial charge in [0.1, 0.15) is 11.5 Å². The van der Waals surface area contributed by atoms with Crippen molar-refractivity contribution in [2.75, 3.05) is 6.54 Å². The van der Waals surface area contributed by atoms with Crippen LogP contribution in [0.3, 0.4) is 0 Å². The molecular weight excluding hydrogens is 302 g/mol. The first-order chi connectivity index (χ1) is 9.10. The number of benzene rings is 2. The predicted octanol–water partition coefficient (Wildman–Crippen LogP) is 4.36. The molecule has 0 amide bonds. The molecule has 0 bridgehead atoms. The van der Waals surface area contributed by atoms with Crippen LogP contribution in [0.15, 0.2) is 40.9 Å². The third-order valence-electron chi connectivity index (χ3n) is 2.94. The van der Waals surface area contributed by atoms with Gasteiger partial charge in [0.05, 0.1) is 4.47 Å². The Bertz CT molecular complexity index is 581. The second-order valence-corrected chi connectivity index (χ2v) is 5.54. The normalized spacial score (nSPS) is 10.5. The molecule has 2 aromatic carbocycles. The molecule has 0 atom stereocenters. The van der Waals surface area contributed by atoms with Gasteiger partial charge in [-0.2, -0.15) is 0 Å². The zero-order valence-corrected chi connectivity index (χ0v) is 12.8. The number of aryl methyl sites for hydroxylation is 2. The Balaban J connectivity index is 2.32. The zero-order chi connectivity index (χ0) is 13.8. The van der Waals surface area contributed by atoms with Crippen molar-refractivity contribution in [2.24, 2.45) is 5.73 Å². The van der Waals surface area contributed by atoms with Gasteiger partial charge in [0, 0.05) is 0 Å². The highest BCUT2D eigenvalue weighted by atomic mass is 79.9. The maximum atomic E-state index is 6.00. The van der Waals surface area contributed by atoms with E-state index in [1.807, 2.05) is 24.3 Å². The Kier molecular flexibility index (Phi) is 4.61. The van der Waals surface area contributed by atoms with E-state index in [1.54, 1.807) is 0 Å². The molecule has 0 saturated carbocycles. The van der Waals surface area contributed by atoms with E-state index >= 15 is 0 Å². The third kappa shape index (κ3) is 3.58. The molecule has 19 heavy (non-hydrogen) atoms. The Labute approximate surface area is 122 Å². The smallest absolute Gasteiger partial charge is 0.141 e. The van der Waals surface area contributed by atoms with Crippen LogP contribution in [-0.2, 0) is 6.42 Å². The lowest BCUT2D eigenvalue weighted by atomic mass is 10.1. The third-order valence-corrected chi connectivity index (χ3v) is 3.56. The molecule has 2 nitrogen and oxygen atoms in total. The SMILES string of the molecule is Cc1ccc(Oc2ccc(C)cc2CCN)c(Br)c1. The fourth-order valence-electron chi connectivity index (χ4n) is 1.97. The minimum absolute atomic E-state index is 0.620. The van der Waals surface area contributed by atoms with Crippen molar-refractivity contribution in [3.05, 3.63) is 57.6 Å². The van der Waals surface area contributed by atoms with Crippen LogP contribution in [0.1, 0.15) is 16.7 Å². The minimum Gasteiger partial charge on any atom is -0.456 e. The molecule has 3 heteroatoms. The van der Waals surface area contributed by atoms with Gasteiger partial charge in [-0.1, -0.05) is 23.8 Å². The highest BCUT2D eigenvalue weighted by Crippen LogP contribution is 2.32. The van der Waals surface area contributed by atoms with Gasteiger partial charge in [0.15, 0.2) is 0 Å². The summed E-state index contributed by atoms with van der Waals surface area (Å²) in [6, 6.07) is 12.3. The lowest BCUT2D eigenvalue weighted by molar-refractivity contribution is 0.473. The Morgan fingerprint density at radius 1 is 1.00 bits per heavy atom. The fraction of sp³-hybridized carbons (Fsp3) is 0.250. The molecule has 2 rings (SSSR count). The summed E-state index contributed by atoms with van der Waals surface area (Å²) in [5.41, 5.74) is 9.23. The molecule has 0 spiro atoms. The minimum atomic E-state index is 0.620. The predicted molar refractivity (Wildman–Crippen MR) is 82.9 cm³/mol. The van der Waals surface area contributed by atoms with Crippen molar-refractivity contribution >= 4 is 15.9 Å². The van der Waals surface area contributed by atoms with Crippen molar-refractivity contribution in [1.82, 2.24) is 0 Å². The Morgan fingerprint density at radius 3 is 2.26 bits per heavy atom. The fourth-order valence-corrected chi connectivity index (χ4v) is 2.54. The van der Waals surface area contributed by atoms with Crippen molar-refractivity contribution in [1.29, 1.82) is 0 Å². The van der Waals surface area contributed by atoms with Crippen LogP contribution in [-0.4, -0.2) is 6.54 Å². The van der Waals surface area contributed by atoms with Gasteiger partial charge in [0.2, 0.25) is 0 Å². The summed E-state index contributed by atoms with van der Waals surface area (Å²) < 4.78 is 6.96. The number of halogens is 1. The molecule has 0 radical (unpaired) electrons. The molecule has 100 valence electrons. The lowest BCUT2D eigenvalue weighted by Gasteiger charge is -2.13. The quantitative estimate of drug-likeness (QED) is 0.908. The van der Waals surface area contributed by atoms with Crippen LogP contribution < -0.4 is 10.5 Å². The standard InChI is InChI=1S/C16H18BrNO/c1-11-3-5-15(13(9-11)7-8-18)19-16-6-4-12(2)10-14(16)17/h3-6,9-10H,7-8,18H2,1-2H3. The average Bonchev–Trinajstić information content (AvgIpc) is 2.36. The van der Waals surface area contributed by atoms with E-state index < -0.39 is 0 Å². The molecule has 0 aliphatic heterocycles. The monoisotopic (exact) mass is 319 g/mol. The molecule has 2 N–H and O–H groups in total. The van der Waals surface area contributed by atoms with Gasteiger partial charge in [-0.15, -0.1) is 0 Å². The summed E-state index contributed by atoms with van der Waals surface area (Å²) >= 11 is 3.53. The van der Waals surface area contributed by atoms with E-state index in [0.29, 0.717) is 6.54 Å². The number of nitrogens with two attached hydrogens (primary N) is 1. The molecule has 0 aromatic heterocycles. The lowest BCUT2D eigenvalue weighted by Crippen LogP contribution is -2.04. The van der Waals surface area contributed by atoms with Crippen molar-refractivity contribution in [2.45, 2.75) is 20.3 Å². The van der Waals surface area contributed by atoms with E-state index in [2.05, 4.69) is 41.9 Å². The van der Waals surface area contributed by atoms with E-state index in [9.17, 15) is 0 Å². The maximum absolute atomic E-state index is 6.00. The highest BCUT2D eigenvalue weighted by molar-refractivity contribution is 9.10. The molecule has 0 aliphatic carbocycles. The number of ether oxygens (including phenoxy) is 1. The summed E-state index contributed by atoms with van der Waals surface area (Å²) in [6.07, 6.45) is 0.820. The summed E-state index contributed by atoms with van der Waals surface area (Å²) in [7, 11) is 0. The van der Waals surface area contributed by atoms with E-state index in [1.165, 1.54) is 11.1 Å². The Hall–Kier alpha value is -1.32. The number of hydrogen-bond donors (Lipinski definition) is 1. The molecule has 2 aromatic rings. The zero-order valence-electron chi connectivity index (χ0n) is 11.2. The van der Waals surface area contributed by atoms with E-state index in [4.69, 9.17) is 10.5 Å². The van der Waals surface area contributed by atoms with Crippen LogP contribution in [0.25, 0.3) is 0 Å². The number of rotatable bonds is 4. The molecule has 0 fully saturated rings. The highest BCUT2D eigenvalue weighted by Gasteiger charge is 2.07. The molecule has 0 heterocycles. The summed E-state index contributed by atoms with van der Waals surface area (Å²) in [5, 5.41) is 0. The first-order valence-electron chi connectivity index (χ1n) is 6.34. The first-order valence-corrected chi connectivity index (χ1v) is 7.13. The van der Waals surface area contributed by atoms with Crippen molar-refractivity contribution < 1.29 is 4.74 Å². The van der Waals surface area contributed by atoms with Gasteiger partial charge in [-0.3, -0.25) is 0 Å². The summed E-state index contributed by atoms with van der Waals surface area (Å²) in [6.45, 7) is 4.75. The molecule has 0 aliphatic rings. The second-order valence-electron chi connectivity index (χ2n) is 4.69. The van der Waals surface area contributed by atoms with Crippen LogP contribution in [0, 0.1) is 13.8 Å². The summed E-state index contributed by atoms with van der Waals surface area (Å²) in [5.74, 6) is 1.70. The largest absolute Gasteiger partial charge is 0.456 e. The van der Waals surface area contributed by atoms with Crippen LogP contribution in [0.2, 0.25) is 0 Å². The van der Waals surface area contributed by atoms with Crippen LogP contribution in [0.5, 0.6) is 11.5 Å². The molecular formula is C16H18BrNO. The first kappa shape index (κ1) is 14.1. The van der Waals surface area contributed by atoms with Gasteiger partial charge in [0.25, 0.3) is 0 Å². The topological polar surface area (TPSA) is 35.2 Å². The maximum Gasteiger partial charge on any atom is 0.141 e. The van der Waals surface area contributed by atoms with E-state index in [0.717, 1.165) is 28.0 Å². The Morgan fingerprint density at radius 2 is 1.63 bits per heavy atom. The van der Waals surface area contributed by atoms with Gasteiger partial charge in [-0.25, -0.2) is 0 Å². The van der Waals surface area contributed by atoms with Crippen molar-refractivity contribution in [3.8, 4) is 11.5 Å².